The van der Waals surface area contributed by atoms with Gasteiger partial charge in [0.05, 0.1) is 12.2 Å². The Kier molecular flexibility index (Phi) is 6.32. The lowest BCUT2D eigenvalue weighted by molar-refractivity contribution is -0.0442. The van der Waals surface area contributed by atoms with Crippen molar-refractivity contribution in [2.75, 3.05) is 0 Å². The lowest BCUT2D eigenvalue weighted by Gasteiger charge is -2.38. The molecule has 1 saturated carbocycles. The molecule has 0 aromatic heterocycles. The number of hydrogen-bond donors (Lipinski definition) is 2. The number of carbonyl (C=O) groups excluding carboxylic acids is 1. The number of alkyl carbamates (subject to hydrolysis) is 1. The first kappa shape index (κ1) is 18.5. The van der Waals surface area contributed by atoms with Crippen LogP contribution in [0.15, 0.2) is 0 Å². The van der Waals surface area contributed by atoms with Crippen LogP contribution >= 0.6 is 0 Å². The maximum Gasteiger partial charge on any atom is 0.407 e. The highest BCUT2D eigenvalue weighted by Crippen LogP contribution is 2.24. The predicted octanol–water partition coefficient (Wildman–Crippen LogP) is 3.37. The minimum Gasteiger partial charge on any atom is -0.444 e. The molecule has 1 aliphatic carbocycles. The second-order valence-electron chi connectivity index (χ2n) is 8.30. The molecule has 1 heterocycles. The molecule has 134 valence electrons. The molecular formula is C18H34N2O3. The van der Waals surface area contributed by atoms with E-state index >= 15 is 0 Å². The molecular weight excluding hydrogens is 292 g/mol. The molecule has 0 aromatic carbocycles. The summed E-state index contributed by atoms with van der Waals surface area (Å²) in [5.41, 5.74) is -0.440. The van der Waals surface area contributed by atoms with Crippen LogP contribution in [0.5, 0.6) is 0 Å². The second kappa shape index (κ2) is 7.84. The number of carbonyl (C=O) groups is 1. The van der Waals surface area contributed by atoms with Gasteiger partial charge in [0, 0.05) is 18.1 Å². The fraction of sp³-hybridized carbons (Fsp3) is 0.944. The van der Waals surface area contributed by atoms with Gasteiger partial charge in [0.2, 0.25) is 0 Å². The molecule has 1 aliphatic heterocycles. The van der Waals surface area contributed by atoms with Crippen molar-refractivity contribution in [1.82, 2.24) is 10.6 Å². The van der Waals surface area contributed by atoms with Crippen molar-refractivity contribution in [3.8, 4) is 0 Å². The summed E-state index contributed by atoms with van der Waals surface area (Å²) < 4.78 is 11.2. The van der Waals surface area contributed by atoms with Crippen molar-refractivity contribution in [1.29, 1.82) is 0 Å². The Hall–Kier alpha value is -0.810. The molecule has 4 atom stereocenters. The van der Waals surface area contributed by atoms with Crippen molar-refractivity contribution in [2.24, 2.45) is 0 Å². The minimum absolute atomic E-state index is 0.214. The zero-order chi connectivity index (χ0) is 17.0. The Labute approximate surface area is 140 Å². The van der Waals surface area contributed by atoms with Gasteiger partial charge in [-0.3, -0.25) is 0 Å². The first-order valence-electron chi connectivity index (χ1n) is 9.12. The highest BCUT2D eigenvalue weighted by Gasteiger charge is 2.30. The molecule has 2 rings (SSSR count). The number of amides is 1. The average molecular weight is 326 g/mol. The number of rotatable bonds is 3. The third-order valence-electron chi connectivity index (χ3n) is 4.56. The molecule has 2 aliphatic rings. The molecule has 23 heavy (non-hydrogen) atoms. The van der Waals surface area contributed by atoms with Gasteiger partial charge >= 0.3 is 6.09 Å². The molecule has 1 amide bonds. The zero-order valence-electron chi connectivity index (χ0n) is 15.4. The largest absolute Gasteiger partial charge is 0.444 e. The van der Waals surface area contributed by atoms with Gasteiger partial charge in [-0.25, -0.2) is 4.79 Å². The molecule has 1 saturated heterocycles. The van der Waals surface area contributed by atoms with Crippen LogP contribution in [0.1, 0.15) is 73.1 Å². The van der Waals surface area contributed by atoms with Gasteiger partial charge < -0.3 is 20.1 Å². The maximum atomic E-state index is 11.9. The molecule has 5 heteroatoms. The van der Waals surface area contributed by atoms with Crippen LogP contribution < -0.4 is 10.6 Å². The van der Waals surface area contributed by atoms with Gasteiger partial charge in [-0.1, -0.05) is 0 Å². The molecule has 5 nitrogen and oxygen atoms in total. The SMILES string of the molecule is C[C@@H]1CC(N[C@@H]2CCC[C@H](NC(=O)OC(C)(C)C)C2)C[C@@H](C)O1. The topological polar surface area (TPSA) is 59.6 Å². The molecule has 0 spiro atoms. The quantitative estimate of drug-likeness (QED) is 0.835. The van der Waals surface area contributed by atoms with Crippen molar-refractivity contribution < 1.29 is 14.3 Å². The molecule has 0 radical (unpaired) electrons. The van der Waals surface area contributed by atoms with E-state index in [1.165, 1.54) is 6.42 Å². The van der Waals surface area contributed by atoms with Crippen LogP contribution in [0.3, 0.4) is 0 Å². The Morgan fingerprint density at radius 1 is 1.00 bits per heavy atom. The summed E-state index contributed by atoms with van der Waals surface area (Å²) in [5.74, 6) is 0. The monoisotopic (exact) mass is 326 g/mol. The smallest absolute Gasteiger partial charge is 0.407 e. The Morgan fingerprint density at radius 3 is 2.22 bits per heavy atom. The summed E-state index contributed by atoms with van der Waals surface area (Å²) in [5, 5.41) is 6.83. The average Bonchev–Trinajstić information content (AvgIpc) is 2.35. The van der Waals surface area contributed by atoms with Crippen LogP contribution in [-0.2, 0) is 9.47 Å². The van der Waals surface area contributed by atoms with Crippen LogP contribution in [0.2, 0.25) is 0 Å². The molecule has 0 bridgehead atoms. The van der Waals surface area contributed by atoms with Gasteiger partial charge in [-0.15, -0.1) is 0 Å². The molecule has 0 aromatic rings. The van der Waals surface area contributed by atoms with Crippen molar-refractivity contribution in [3.05, 3.63) is 0 Å². The third kappa shape index (κ3) is 6.68. The van der Waals surface area contributed by atoms with E-state index in [1.54, 1.807) is 0 Å². The first-order valence-corrected chi connectivity index (χ1v) is 9.12. The van der Waals surface area contributed by atoms with Gasteiger partial charge in [-0.05, 0) is 73.1 Å². The summed E-state index contributed by atoms with van der Waals surface area (Å²) in [7, 11) is 0. The van der Waals surface area contributed by atoms with Crippen molar-refractivity contribution in [2.45, 2.75) is 109 Å². The standard InChI is InChI=1S/C18H34N2O3/c1-12-9-16(10-13(2)22-12)19-14-7-6-8-15(11-14)20-17(21)23-18(3,4)5/h12-16,19H,6-11H2,1-5H3,(H,20,21)/t12-,13-,14-,15+/m1/s1. The van der Waals surface area contributed by atoms with Gasteiger partial charge in [-0.2, -0.15) is 0 Å². The lowest BCUT2D eigenvalue weighted by Crippen LogP contribution is -2.50. The fourth-order valence-electron chi connectivity index (χ4n) is 3.82. The summed E-state index contributed by atoms with van der Waals surface area (Å²) in [6.45, 7) is 9.98. The summed E-state index contributed by atoms with van der Waals surface area (Å²) >= 11 is 0. The molecule has 0 unspecified atom stereocenters. The third-order valence-corrected chi connectivity index (χ3v) is 4.56. The number of ether oxygens (including phenoxy) is 2. The van der Waals surface area contributed by atoms with E-state index in [0.717, 1.165) is 32.1 Å². The highest BCUT2D eigenvalue weighted by atomic mass is 16.6. The van der Waals surface area contributed by atoms with Crippen LogP contribution in [-0.4, -0.2) is 42.0 Å². The number of nitrogens with one attached hydrogen (secondary N) is 2. The summed E-state index contributed by atoms with van der Waals surface area (Å²) in [6.07, 6.45) is 6.87. The zero-order valence-corrected chi connectivity index (χ0v) is 15.4. The number of hydrogen-bond acceptors (Lipinski definition) is 4. The lowest BCUT2D eigenvalue weighted by atomic mass is 9.89. The van der Waals surface area contributed by atoms with E-state index in [0.29, 0.717) is 24.3 Å². The Balaban J connectivity index is 1.78. The van der Waals surface area contributed by atoms with E-state index in [4.69, 9.17) is 9.47 Å². The van der Waals surface area contributed by atoms with E-state index in [9.17, 15) is 4.79 Å². The molecule has 2 N–H and O–H groups in total. The summed E-state index contributed by atoms with van der Waals surface area (Å²) in [6, 6.07) is 1.22. The van der Waals surface area contributed by atoms with E-state index in [2.05, 4.69) is 24.5 Å². The van der Waals surface area contributed by atoms with E-state index < -0.39 is 5.60 Å². The normalized spacial score (nSPS) is 35.6. The van der Waals surface area contributed by atoms with Crippen LogP contribution in [0.4, 0.5) is 4.79 Å². The van der Waals surface area contributed by atoms with E-state index in [-0.39, 0.29) is 12.1 Å². The maximum absolute atomic E-state index is 11.9. The van der Waals surface area contributed by atoms with Gasteiger partial charge in [0.1, 0.15) is 5.60 Å². The van der Waals surface area contributed by atoms with Crippen molar-refractivity contribution in [3.63, 3.8) is 0 Å². The predicted molar refractivity (Wildman–Crippen MR) is 91.6 cm³/mol. The van der Waals surface area contributed by atoms with E-state index in [1.807, 2.05) is 20.8 Å². The van der Waals surface area contributed by atoms with Crippen LogP contribution in [0.25, 0.3) is 0 Å². The first-order chi connectivity index (χ1) is 10.7. The molecule has 2 fully saturated rings. The summed E-state index contributed by atoms with van der Waals surface area (Å²) in [4.78, 5) is 11.9. The Morgan fingerprint density at radius 2 is 1.61 bits per heavy atom. The fourth-order valence-corrected chi connectivity index (χ4v) is 3.82. The van der Waals surface area contributed by atoms with Crippen molar-refractivity contribution >= 4 is 6.09 Å². The Bertz CT molecular complexity index is 384. The van der Waals surface area contributed by atoms with Crippen LogP contribution in [0, 0.1) is 0 Å². The van der Waals surface area contributed by atoms with Gasteiger partial charge in [0.25, 0.3) is 0 Å². The highest BCUT2D eigenvalue weighted by molar-refractivity contribution is 5.68. The van der Waals surface area contributed by atoms with Gasteiger partial charge in [0.15, 0.2) is 0 Å². The second-order valence-corrected chi connectivity index (χ2v) is 8.30. The minimum atomic E-state index is -0.440.